The van der Waals surface area contributed by atoms with E-state index < -0.39 is 0 Å². The molecule has 1 spiro atoms. The second-order valence-electron chi connectivity index (χ2n) is 9.86. The Labute approximate surface area is 224 Å². The summed E-state index contributed by atoms with van der Waals surface area (Å²) in [6.07, 6.45) is 7.36. The molecule has 0 radical (unpaired) electrons. The standard InChI is InChI=1S/C26H29ClN6O3S/c1-15-25(37-20-5-8-33-12-17(19-4-3-11-35-19)30-24(33)21(20)27)31-18(13-34)23(29-15)32-9-6-26(7-10-32)14-36-16(2)22(26)28/h3-5,8,11-12,16,22,34H,6-7,9-10,13-14,28H2,1-2H3/t16-,22+/m0/s1. The normalized spacial score (nSPS) is 21.4. The van der Waals surface area contributed by atoms with Gasteiger partial charge in [0, 0.05) is 41.8 Å². The second-order valence-corrected chi connectivity index (χ2v) is 11.3. The zero-order valence-corrected chi connectivity index (χ0v) is 22.3. The highest BCUT2D eigenvalue weighted by Gasteiger charge is 2.47. The summed E-state index contributed by atoms with van der Waals surface area (Å²) in [6, 6.07) is 5.66. The first-order valence-electron chi connectivity index (χ1n) is 12.4. The van der Waals surface area contributed by atoms with Crippen molar-refractivity contribution >= 4 is 34.8 Å². The van der Waals surface area contributed by atoms with Crippen LogP contribution in [0.4, 0.5) is 5.82 Å². The second kappa shape index (κ2) is 9.59. The van der Waals surface area contributed by atoms with E-state index in [4.69, 9.17) is 36.5 Å². The number of pyridine rings is 1. The third-order valence-corrected chi connectivity index (χ3v) is 9.27. The van der Waals surface area contributed by atoms with Crippen LogP contribution in [-0.4, -0.2) is 56.3 Å². The van der Waals surface area contributed by atoms with Gasteiger partial charge in [-0.2, -0.15) is 0 Å². The Morgan fingerprint density at radius 2 is 2.05 bits per heavy atom. The van der Waals surface area contributed by atoms with Gasteiger partial charge in [-0.3, -0.25) is 0 Å². The predicted molar refractivity (Wildman–Crippen MR) is 142 cm³/mol. The van der Waals surface area contributed by atoms with Crippen LogP contribution in [0.5, 0.6) is 0 Å². The van der Waals surface area contributed by atoms with E-state index in [1.54, 1.807) is 6.26 Å². The van der Waals surface area contributed by atoms with Crippen LogP contribution in [0.25, 0.3) is 17.1 Å². The minimum atomic E-state index is -0.197. The maximum absolute atomic E-state index is 10.2. The third-order valence-electron chi connectivity index (χ3n) is 7.64. The van der Waals surface area contributed by atoms with Gasteiger partial charge in [-0.15, -0.1) is 0 Å². The molecular weight excluding hydrogens is 512 g/mol. The summed E-state index contributed by atoms with van der Waals surface area (Å²) in [5, 5.41) is 11.4. The van der Waals surface area contributed by atoms with Crippen LogP contribution >= 0.6 is 23.4 Å². The molecule has 194 valence electrons. The molecule has 0 aliphatic carbocycles. The molecular formula is C26H29ClN6O3S. The SMILES string of the molecule is Cc1nc(N2CCC3(CC2)CO[C@@H](C)[C@H]3N)c(CO)nc1Sc1ccn2cc(-c3ccco3)nc2c1Cl. The molecule has 2 fully saturated rings. The lowest BCUT2D eigenvalue weighted by molar-refractivity contribution is 0.0973. The quantitative estimate of drug-likeness (QED) is 0.382. The highest BCUT2D eigenvalue weighted by atomic mass is 35.5. The van der Waals surface area contributed by atoms with Crippen molar-refractivity contribution in [2.24, 2.45) is 11.1 Å². The van der Waals surface area contributed by atoms with Gasteiger partial charge in [-0.1, -0.05) is 23.4 Å². The molecule has 2 atom stereocenters. The molecule has 0 saturated carbocycles. The largest absolute Gasteiger partial charge is 0.463 e. The van der Waals surface area contributed by atoms with Gasteiger partial charge in [0.1, 0.15) is 16.4 Å². The molecule has 4 aromatic rings. The van der Waals surface area contributed by atoms with Gasteiger partial charge >= 0.3 is 0 Å². The van der Waals surface area contributed by atoms with E-state index in [0.717, 1.165) is 42.3 Å². The van der Waals surface area contributed by atoms with E-state index in [1.807, 2.05) is 41.9 Å². The fourth-order valence-electron chi connectivity index (χ4n) is 5.34. The van der Waals surface area contributed by atoms with E-state index in [1.165, 1.54) is 11.8 Å². The number of ether oxygens (including phenoxy) is 1. The first-order valence-corrected chi connectivity index (χ1v) is 13.6. The van der Waals surface area contributed by atoms with Crippen molar-refractivity contribution in [3.8, 4) is 11.5 Å². The predicted octanol–water partition coefficient (Wildman–Crippen LogP) is 4.32. The van der Waals surface area contributed by atoms with Crippen molar-refractivity contribution in [3.63, 3.8) is 0 Å². The molecule has 37 heavy (non-hydrogen) atoms. The number of hydrogen-bond donors (Lipinski definition) is 2. The number of nitrogens with zero attached hydrogens (tertiary/aromatic N) is 5. The van der Waals surface area contributed by atoms with Crippen molar-refractivity contribution < 1.29 is 14.3 Å². The summed E-state index contributed by atoms with van der Waals surface area (Å²) in [4.78, 5) is 17.4. The Morgan fingerprint density at radius 3 is 2.73 bits per heavy atom. The maximum Gasteiger partial charge on any atom is 0.157 e. The number of aliphatic hydroxyl groups excluding tert-OH is 1. The van der Waals surface area contributed by atoms with Crippen molar-refractivity contribution in [3.05, 3.63) is 53.3 Å². The van der Waals surface area contributed by atoms with E-state index in [2.05, 4.69) is 16.8 Å². The summed E-state index contributed by atoms with van der Waals surface area (Å²) in [7, 11) is 0. The number of nitrogens with two attached hydrogens (primary N) is 1. The summed E-state index contributed by atoms with van der Waals surface area (Å²) in [5.74, 6) is 1.41. The van der Waals surface area contributed by atoms with Crippen molar-refractivity contribution in [2.45, 2.75) is 55.4 Å². The molecule has 4 aromatic heterocycles. The van der Waals surface area contributed by atoms with Gasteiger partial charge in [0.15, 0.2) is 17.2 Å². The lowest BCUT2D eigenvalue weighted by atomic mass is 9.73. The highest BCUT2D eigenvalue weighted by Crippen LogP contribution is 2.43. The van der Waals surface area contributed by atoms with Crippen LogP contribution in [0.15, 0.2) is 51.2 Å². The molecule has 6 heterocycles. The van der Waals surface area contributed by atoms with Crippen molar-refractivity contribution in [1.82, 2.24) is 19.4 Å². The Morgan fingerprint density at radius 1 is 1.24 bits per heavy atom. The number of rotatable bonds is 5. The van der Waals surface area contributed by atoms with Crippen LogP contribution in [0.2, 0.25) is 5.02 Å². The minimum Gasteiger partial charge on any atom is -0.463 e. The summed E-state index contributed by atoms with van der Waals surface area (Å²) < 4.78 is 13.2. The molecule has 11 heteroatoms. The average Bonchev–Trinajstić information content (AvgIpc) is 3.65. The minimum absolute atomic E-state index is 0.0204. The van der Waals surface area contributed by atoms with Crippen LogP contribution in [0.3, 0.4) is 0 Å². The summed E-state index contributed by atoms with van der Waals surface area (Å²) in [6.45, 7) is 6.10. The zero-order valence-electron chi connectivity index (χ0n) is 20.7. The maximum atomic E-state index is 10.2. The number of aromatic nitrogens is 4. The van der Waals surface area contributed by atoms with E-state index >= 15 is 0 Å². The van der Waals surface area contributed by atoms with Gasteiger partial charge < -0.3 is 29.3 Å². The molecule has 6 rings (SSSR count). The lowest BCUT2D eigenvalue weighted by Crippen LogP contribution is -2.51. The van der Waals surface area contributed by atoms with Gasteiger partial charge in [-0.25, -0.2) is 15.0 Å². The summed E-state index contributed by atoms with van der Waals surface area (Å²) in [5.41, 5.74) is 9.18. The van der Waals surface area contributed by atoms with Crippen molar-refractivity contribution in [1.29, 1.82) is 0 Å². The Balaban J connectivity index is 1.25. The number of fused-ring (bicyclic) bond motifs is 1. The van der Waals surface area contributed by atoms with E-state index in [9.17, 15) is 5.11 Å². The first-order chi connectivity index (χ1) is 17.9. The van der Waals surface area contributed by atoms with E-state index in [0.29, 0.717) is 39.5 Å². The topological polar surface area (TPSA) is 115 Å². The summed E-state index contributed by atoms with van der Waals surface area (Å²) >= 11 is 8.18. The van der Waals surface area contributed by atoms with Crippen molar-refractivity contribution in [2.75, 3.05) is 24.6 Å². The van der Waals surface area contributed by atoms with Crippen LogP contribution in [0, 0.1) is 12.3 Å². The zero-order chi connectivity index (χ0) is 25.7. The smallest absolute Gasteiger partial charge is 0.157 e. The van der Waals surface area contributed by atoms with Gasteiger partial charge in [0.2, 0.25) is 0 Å². The van der Waals surface area contributed by atoms with Gasteiger partial charge in [0.05, 0.1) is 36.3 Å². The fraction of sp³-hybridized carbons (Fsp3) is 0.423. The number of piperidine rings is 1. The Bertz CT molecular complexity index is 1430. The molecule has 0 bridgehead atoms. The lowest BCUT2D eigenvalue weighted by Gasteiger charge is -2.42. The Kier molecular flexibility index (Phi) is 6.40. The molecule has 9 nitrogen and oxygen atoms in total. The number of halogens is 1. The monoisotopic (exact) mass is 540 g/mol. The fourth-order valence-corrected chi connectivity index (χ4v) is 6.53. The number of anilines is 1. The van der Waals surface area contributed by atoms with Crippen LogP contribution in [-0.2, 0) is 11.3 Å². The molecule has 2 aliphatic heterocycles. The molecule has 0 amide bonds. The first kappa shape index (κ1) is 24.7. The third kappa shape index (κ3) is 4.30. The molecule has 2 aliphatic rings. The molecule has 0 unspecified atom stereocenters. The van der Waals surface area contributed by atoms with E-state index in [-0.39, 0.29) is 24.2 Å². The number of aryl methyl sites for hydroxylation is 1. The number of aliphatic hydroxyl groups is 1. The number of imidazole rings is 1. The molecule has 0 aromatic carbocycles. The molecule has 2 saturated heterocycles. The number of furan rings is 1. The average molecular weight is 541 g/mol. The van der Waals surface area contributed by atoms with Crippen LogP contribution in [0.1, 0.15) is 31.2 Å². The molecule has 3 N–H and O–H groups in total. The number of hydrogen-bond acceptors (Lipinski definition) is 9. The van der Waals surface area contributed by atoms with Gasteiger partial charge in [0.25, 0.3) is 0 Å². The van der Waals surface area contributed by atoms with Gasteiger partial charge in [-0.05, 0) is 44.9 Å². The van der Waals surface area contributed by atoms with Crippen LogP contribution < -0.4 is 10.6 Å². The highest BCUT2D eigenvalue weighted by molar-refractivity contribution is 7.99. The Hall–Kier alpha value is -2.63.